The maximum absolute atomic E-state index is 13.1. The average molecular weight is 341 g/mol. The molecule has 2 aromatic rings. The van der Waals surface area contributed by atoms with Gasteiger partial charge in [-0.25, -0.2) is 4.98 Å². The molecule has 2 rings (SSSR count). The standard InChI is InChI=1S/C14H10F3N3O2S/c1-22-11-7(4-3-5-9(11)14(15,16)17)10-8(6-18)12(21)20-13(19-10)23-2/h3-5H,1-2H3,(H,19,20,21). The molecule has 9 heteroatoms. The van der Waals surface area contributed by atoms with Crippen molar-refractivity contribution in [2.75, 3.05) is 13.4 Å². The Morgan fingerprint density at radius 3 is 2.61 bits per heavy atom. The number of rotatable bonds is 3. The van der Waals surface area contributed by atoms with Crippen LogP contribution in [0.15, 0.2) is 28.2 Å². The Bertz CT molecular complexity index is 841. The molecule has 0 saturated carbocycles. The molecule has 0 bridgehead atoms. The van der Waals surface area contributed by atoms with Crippen molar-refractivity contribution < 1.29 is 17.9 Å². The van der Waals surface area contributed by atoms with Gasteiger partial charge in [0, 0.05) is 5.56 Å². The van der Waals surface area contributed by atoms with Gasteiger partial charge < -0.3 is 9.72 Å². The molecule has 1 N–H and O–H groups in total. The number of methoxy groups -OCH3 is 1. The largest absolute Gasteiger partial charge is 0.495 e. The minimum absolute atomic E-state index is 0.0692. The minimum Gasteiger partial charge on any atom is -0.495 e. The van der Waals surface area contributed by atoms with Gasteiger partial charge in [-0.2, -0.15) is 18.4 Å². The fourth-order valence-corrected chi connectivity index (χ4v) is 2.39. The molecule has 5 nitrogen and oxygen atoms in total. The number of para-hydroxylation sites is 1. The Morgan fingerprint density at radius 1 is 1.39 bits per heavy atom. The van der Waals surface area contributed by atoms with Gasteiger partial charge in [0.1, 0.15) is 23.1 Å². The zero-order valence-corrected chi connectivity index (χ0v) is 12.8. The van der Waals surface area contributed by atoms with E-state index in [1.54, 1.807) is 12.3 Å². The number of hydrogen-bond donors (Lipinski definition) is 1. The molecule has 0 aliphatic heterocycles. The summed E-state index contributed by atoms with van der Waals surface area (Å²) >= 11 is 1.10. The predicted octanol–water partition coefficient (Wildman–Crippen LogP) is 3.06. The first kappa shape index (κ1) is 16.9. The Kier molecular flexibility index (Phi) is 4.65. The molecular weight excluding hydrogens is 331 g/mol. The number of H-pyrrole nitrogens is 1. The number of ether oxygens (including phenoxy) is 1. The van der Waals surface area contributed by atoms with Gasteiger partial charge in [-0.05, 0) is 18.4 Å². The highest BCUT2D eigenvalue weighted by Gasteiger charge is 2.36. The summed E-state index contributed by atoms with van der Waals surface area (Å²) in [5.41, 5.74) is -2.32. The summed E-state index contributed by atoms with van der Waals surface area (Å²) in [5.74, 6) is -0.485. The van der Waals surface area contributed by atoms with Crippen LogP contribution in [0.1, 0.15) is 11.1 Å². The number of nitrogens with one attached hydrogen (secondary N) is 1. The summed E-state index contributed by atoms with van der Waals surface area (Å²) in [7, 11) is 1.09. The summed E-state index contributed by atoms with van der Waals surface area (Å²) in [6, 6.07) is 5.02. The maximum Gasteiger partial charge on any atom is 0.419 e. The summed E-state index contributed by atoms with van der Waals surface area (Å²) in [6.45, 7) is 0. The monoisotopic (exact) mass is 341 g/mol. The lowest BCUT2D eigenvalue weighted by atomic mass is 10.0. The Balaban J connectivity index is 2.85. The quantitative estimate of drug-likeness (QED) is 0.686. The third kappa shape index (κ3) is 3.17. The highest BCUT2D eigenvalue weighted by Crippen LogP contribution is 2.41. The van der Waals surface area contributed by atoms with E-state index in [2.05, 4.69) is 9.97 Å². The molecule has 0 amide bonds. The van der Waals surface area contributed by atoms with Crippen LogP contribution >= 0.6 is 11.8 Å². The Morgan fingerprint density at radius 2 is 2.09 bits per heavy atom. The third-order valence-electron chi connectivity index (χ3n) is 2.98. The van der Waals surface area contributed by atoms with Crippen molar-refractivity contribution in [3.8, 4) is 23.1 Å². The molecule has 1 aromatic carbocycles. The third-order valence-corrected chi connectivity index (χ3v) is 3.56. The molecule has 0 aliphatic carbocycles. The van der Waals surface area contributed by atoms with Gasteiger partial charge in [-0.1, -0.05) is 17.8 Å². The molecule has 1 aromatic heterocycles. The van der Waals surface area contributed by atoms with Crippen LogP contribution in [0.5, 0.6) is 5.75 Å². The summed E-state index contributed by atoms with van der Waals surface area (Å²) < 4.78 is 44.2. The van der Waals surface area contributed by atoms with Crippen molar-refractivity contribution in [2.45, 2.75) is 11.3 Å². The van der Waals surface area contributed by atoms with Crippen molar-refractivity contribution >= 4 is 11.8 Å². The molecule has 23 heavy (non-hydrogen) atoms. The zero-order valence-electron chi connectivity index (χ0n) is 12.0. The summed E-state index contributed by atoms with van der Waals surface area (Å²) in [4.78, 5) is 18.4. The van der Waals surface area contributed by atoms with Gasteiger partial charge in [0.15, 0.2) is 5.16 Å². The van der Waals surface area contributed by atoms with E-state index in [4.69, 9.17) is 10.00 Å². The van der Waals surface area contributed by atoms with Crippen LogP contribution in [-0.4, -0.2) is 23.3 Å². The van der Waals surface area contributed by atoms with E-state index in [9.17, 15) is 18.0 Å². The lowest BCUT2D eigenvalue weighted by Gasteiger charge is -2.16. The van der Waals surface area contributed by atoms with Crippen molar-refractivity contribution in [1.29, 1.82) is 5.26 Å². The number of aromatic amines is 1. The van der Waals surface area contributed by atoms with E-state index in [1.807, 2.05) is 0 Å². The molecule has 0 saturated heterocycles. The van der Waals surface area contributed by atoms with Crippen LogP contribution in [0.4, 0.5) is 13.2 Å². The molecule has 0 fully saturated rings. The van der Waals surface area contributed by atoms with Crippen molar-refractivity contribution in [2.24, 2.45) is 0 Å². The number of thioether (sulfide) groups is 1. The van der Waals surface area contributed by atoms with E-state index in [-0.39, 0.29) is 22.0 Å². The van der Waals surface area contributed by atoms with Gasteiger partial charge >= 0.3 is 6.18 Å². The first-order valence-corrected chi connectivity index (χ1v) is 7.39. The molecule has 0 atom stereocenters. The van der Waals surface area contributed by atoms with E-state index < -0.39 is 23.0 Å². The van der Waals surface area contributed by atoms with Gasteiger partial charge in [0.05, 0.1) is 12.7 Å². The average Bonchev–Trinajstić information content (AvgIpc) is 2.52. The first-order chi connectivity index (χ1) is 10.8. The van der Waals surface area contributed by atoms with Gasteiger partial charge in [-0.3, -0.25) is 4.79 Å². The lowest BCUT2D eigenvalue weighted by molar-refractivity contribution is -0.138. The van der Waals surface area contributed by atoms with Crippen molar-refractivity contribution in [1.82, 2.24) is 9.97 Å². The number of hydrogen-bond acceptors (Lipinski definition) is 5. The second-order valence-electron chi connectivity index (χ2n) is 4.29. The highest BCUT2D eigenvalue weighted by molar-refractivity contribution is 7.98. The van der Waals surface area contributed by atoms with E-state index in [0.717, 1.165) is 24.9 Å². The second-order valence-corrected chi connectivity index (χ2v) is 5.09. The summed E-state index contributed by atoms with van der Waals surface area (Å²) in [6.07, 6.45) is -3.00. The van der Waals surface area contributed by atoms with Gasteiger partial charge in [0.25, 0.3) is 5.56 Å². The van der Waals surface area contributed by atoms with E-state index >= 15 is 0 Å². The van der Waals surface area contributed by atoms with Gasteiger partial charge in [-0.15, -0.1) is 0 Å². The number of nitriles is 1. The zero-order chi connectivity index (χ0) is 17.2. The molecule has 0 unspecified atom stereocenters. The van der Waals surface area contributed by atoms with Crippen LogP contribution in [0.25, 0.3) is 11.3 Å². The first-order valence-electron chi connectivity index (χ1n) is 6.16. The molecule has 0 radical (unpaired) electrons. The fraction of sp³-hybridized carbons (Fsp3) is 0.214. The van der Waals surface area contributed by atoms with Gasteiger partial charge in [0.2, 0.25) is 0 Å². The Labute approximate surface area is 133 Å². The van der Waals surface area contributed by atoms with Crippen LogP contribution in [-0.2, 0) is 6.18 Å². The van der Waals surface area contributed by atoms with Crippen LogP contribution in [0, 0.1) is 11.3 Å². The molecule has 0 spiro atoms. The smallest absolute Gasteiger partial charge is 0.419 e. The Hall–Kier alpha value is -2.47. The van der Waals surface area contributed by atoms with Crippen LogP contribution in [0.3, 0.4) is 0 Å². The number of alkyl halides is 3. The molecular formula is C14H10F3N3O2S. The topological polar surface area (TPSA) is 78.8 Å². The van der Waals surface area contributed by atoms with Crippen molar-refractivity contribution in [3.63, 3.8) is 0 Å². The highest BCUT2D eigenvalue weighted by atomic mass is 32.2. The SMILES string of the molecule is COc1c(-c2nc(SC)[nH]c(=O)c2C#N)cccc1C(F)(F)F. The second kappa shape index (κ2) is 6.34. The number of halogens is 3. The number of nitrogens with zero attached hydrogens (tertiary/aromatic N) is 2. The molecule has 120 valence electrons. The van der Waals surface area contributed by atoms with Crippen LogP contribution < -0.4 is 10.3 Å². The molecule has 0 aliphatic rings. The summed E-state index contributed by atoms with van der Waals surface area (Å²) in [5, 5.41) is 9.32. The fourth-order valence-electron chi connectivity index (χ4n) is 2.01. The van der Waals surface area contributed by atoms with E-state index in [0.29, 0.717) is 0 Å². The lowest BCUT2D eigenvalue weighted by Crippen LogP contribution is -2.15. The van der Waals surface area contributed by atoms with Crippen molar-refractivity contribution in [3.05, 3.63) is 39.7 Å². The minimum atomic E-state index is -4.64. The maximum atomic E-state index is 13.1. The normalized spacial score (nSPS) is 11.1. The van der Waals surface area contributed by atoms with E-state index in [1.165, 1.54) is 12.1 Å². The predicted molar refractivity (Wildman–Crippen MR) is 78.3 cm³/mol. The molecule has 1 heterocycles. The number of benzene rings is 1. The van der Waals surface area contributed by atoms with Crippen LogP contribution in [0.2, 0.25) is 0 Å². The number of aromatic nitrogens is 2.